The van der Waals surface area contributed by atoms with Gasteiger partial charge in [-0.15, -0.1) is 0 Å². The van der Waals surface area contributed by atoms with Gasteiger partial charge in [-0.3, -0.25) is 10.0 Å². The lowest BCUT2D eigenvalue weighted by molar-refractivity contribution is -0.133. The summed E-state index contributed by atoms with van der Waals surface area (Å²) in [5, 5.41) is 9.26. The molecule has 1 heterocycles. The number of carbonyl (C=O) groups excluding carboxylic acids is 1. The zero-order valence-corrected chi connectivity index (χ0v) is 18.3. The van der Waals surface area contributed by atoms with E-state index < -0.39 is 20.5 Å². The normalized spacial score (nSPS) is 17.1. The maximum Gasteiger partial charge on any atom is 0.265 e. The minimum atomic E-state index is -3.97. The van der Waals surface area contributed by atoms with Crippen LogP contribution in [0.15, 0.2) is 29.2 Å². The van der Waals surface area contributed by atoms with E-state index in [-0.39, 0.29) is 17.7 Å². The van der Waals surface area contributed by atoms with Gasteiger partial charge < -0.3 is 9.64 Å². The maximum atomic E-state index is 13.3. The number of hydroxylamine groups is 1. The molecule has 2 rings (SSSR count). The molecule has 29 heavy (non-hydrogen) atoms. The quantitative estimate of drug-likeness (QED) is 0.321. The van der Waals surface area contributed by atoms with E-state index in [0.29, 0.717) is 18.8 Å². The van der Waals surface area contributed by atoms with Crippen molar-refractivity contribution in [2.75, 3.05) is 26.7 Å². The molecule has 0 bridgehead atoms. The van der Waals surface area contributed by atoms with Gasteiger partial charge in [-0.1, -0.05) is 39.0 Å². The van der Waals surface area contributed by atoms with Crippen molar-refractivity contribution < 1.29 is 23.2 Å². The fraction of sp³-hybridized carbons (Fsp3) is 0.667. The minimum Gasteiger partial charge on any atom is -0.497 e. The number of sulfone groups is 1. The summed E-state index contributed by atoms with van der Waals surface area (Å²) in [5.41, 5.74) is 1.60. The van der Waals surface area contributed by atoms with Crippen LogP contribution >= 0.6 is 0 Å². The van der Waals surface area contributed by atoms with Crippen LogP contribution in [-0.4, -0.2) is 55.9 Å². The van der Waals surface area contributed by atoms with Crippen LogP contribution in [0.25, 0.3) is 0 Å². The Morgan fingerprint density at radius 2 is 1.69 bits per heavy atom. The molecule has 0 unspecified atom stereocenters. The summed E-state index contributed by atoms with van der Waals surface area (Å²) in [6.45, 7) is 4.13. The first kappa shape index (κ1) is 23.6. The van der Waals surface area contributed by atoms with Crippen LogP contribution < -0.4 is 10.2 Å². The second kappa shape index (κ2) is 10.9. The molecule has 0 aromatic heterocycles. The van der Waals surface area contributed by atoms with Gasteiger partial charge in [0.15, 0.2) is 14.6 Å². The van der Waals surface area contributed by atoms with Crippen LogP contribution in [0.5, 0.6) is 5.75 Å². The molecule has 1 aliphatic rings. The van der Waals surface area contributed by atoms with Crippen molar-refractivity contribution >= 4 is 15.7 Å². The Balaban J connectivity index is 2.05. The number of rotatable bonds is 11. The maximum absolute atomic E-state index is 13.3. The summed E-state index contributed by atoms with van der Waals surface area (Å²) in [7, 11) is -2.47. The van der Waals surface area contributed by atoms with Crippen LogP contribution in [0.2, 0.25) is 0 Å². The Labute approximate surface area is 174 Å². The number of unbranched alkanes of at least 4 members (excludes halogenated alkanes) is 5. The molecule has 1 amide bonds. The molecular formula is C21H34N2O5S. The van der Waals surface area contributed by atoms with Gasteiger partial charge in [0.1, 0.15) is 5.75 Å². The molecule has 0 aliphatic carbocycles. The fourth-order valence-electron chi connectivity index (χ4n) is 3.95. The Bertz CT molecular complexity index is 741. The first-order chi connectivity index (χ1) is 13.9. The van der Waals surface area contributed by atoms with Crippen molar-refractivity contribution in [1.29, 1.82) is 0 Å². The zero-order chi connectivity index (χ0) is 21.3. The number of hydrogen-bond acceptors (Lipinski definition) is 6. The van der Waals surface area contributed by atoms with Gasteiger partial charge in [-0.2, -0.15) is 0 Å². The van der Waals surface area contributed by atoms with Crippen molar-refractivity contribution in [2.24, 2.45) is 0 Å². The van der Waals surface area contributed by atoms with Gasteiger partial charge in [0.05, 0.1) is 12.0 Å². The SMILES string of the molecule is CCCCCCCCN1CCC(C(=O)NO)(S(=O)(=O)c2ccc(OC)cc2)CC1. The number of hydrogen-bond donors (Lipinski definition) is 2. The summed E-state index contributed by atoms with van der Waals surface area (Å²) in [6.07, 6.45) is 7.54. The Morgan fingerprint density at radius 3 is 2.24 bits per heavy atom. The highest BCUT2D eigenvalue weighted by molar-refractivity contribution is 7.93. The van der Waals surface area contributed by atoms with Crippen molar-refractivity contribution in [1.82, 2.24) is 10.4 Å². The van der Waals surface area contributed by atoms with Gasteiger partial charge in [-0.25, -0.2) is 13.9 Å². The molecule has 1 saturated heterocycles. The van der Waals surface area contributed by atoms with Gasteiger partial charge >= 0.3 is 0 Å². The number of benzene rings is 1. The fourth-order valence-corrected chi connectivity index (χ4v) is 5.91. The third-order valence-electron chi connectivity index (χ3n) is 5.89. The van der Waals surface area contributed by atoms with Crippen LogP contribution in [0.1, 0.15) is 58.3 Å². The van der Waals surface area contributed by atoms with E-state index in [0.717, 1.165) is 13.0 Å². The molecule has 0 saturated carbocycles. The lowest BCUT2D eigenvalue weighted by atomic mass is 9.94. The molecule has 1 aromatic rings. The number of methoxy groups -OCH3 is 1. The first-order valence-electron chi connectivity index (χ1n) is 10.5. The van der Waals surface area contributed by atoms with Crippen LogP contribution in [-0.2, 0) is 14.6 Å². The van der Waals surface area contributed by atoms with E-state index in [4.69, 9.17) is 4.74 Å². The number of nitrogens with zero attached hydrogens (tertiary/aromatic N) is 1. The molecular weight excluding hydrogens is 392 g/mol. The third-order valence-corrected chi connectivity index (χ3v) is 8.41. The Hall–Kier alpha value is -1.64. The lowest BCUT2D eigenvalue weighted by Crippen LogP contribution is -2.57. The molecule has 8 heteroatoms. The number of carbonyl (C=O) groups is 1. The number of ether oxygens (including phenoxy) is 1. The third kappa shape index (κ3) is 5.49. The van der Waals surface area contributed by atoms with E-state index in [2.05, 4.69) is 11.8 Å². The second-order valence-electron chi connectivity index (χ2n) is 7.72. The smallest absolute Gasteiger partial charge is 0.265 e. The monoisotopic (exact) mass is 426 g/mol. The molecule has 1 aliphatic heterocycles. The number of amides is 1. The van der Waals surface area contributed by atoms with E-state index in [1.54, 1.807) is 17.6 Å². The predicted octanol–water partition coefficient (Wildman–Crippen LogP) is 3.17. The van der Waals surface area contributed by atoms with Gasteiger partial charge in [0.2, 0.25) is 0 Å². The lowest BCUT2D eigenvalue weighted by Gasteiger charge is -2.39. The molecule has 0 radical (unpaired) electrons. The van der Waals surface area contributed by atoms with Crippen molar-refractivity contribution in [3.63, 3.8) is 0 Å². The van der Waals surface area contributed by atoms with E-state index in [1.165, 1.54) is 51.3 Å². The van der Waals surface area contributed by atoms with Crippen LogP contribution in [0.4, 0.5) is 0 Å². The predicted molar refractivity (Wildman–Crippen MR) is 112 cm³/mol. The number of nitrogens with one attached hydrogen (secondary N) is 1. The highest BCUT2D eigenvalue weighted by Crippen LogP contribution is 2.36. The average molecular weight is 427 g/mol. The first-order valence-corrected chi connectivity index (χ1v) is 11.9. The van der Waals surface area contributed by atoms with Gasteiger partial charge in [0.25, 0.3) is 5.91 Å². The highest BCUT2D eigenvalue weighted by Gasteiger charge is 2.52. The summed E-state index contributed by atoms with van der Waals surface area (Å²) >= 11 is 0. The molecule has 0 spiro atoms. The van der Waals surface area contributed by atoms with Gasteiger partial charge in [-0.05, 0) is 50.1 Å². The number of likely N-dealkylation sites (tertiary alicyclic amines) is 1. The Kier molecular flexibility index (Phi) is 8.92. The van der Waals surface area contributed by atoms with E-state index >= 15 is 0 Å². The van der Waals surface area contributed by atoms with E-state index in [1.807, 2.05) is 0 Å². The molecule has 2 N–H and O–H groups in total. The molecule has 1 aromatic carbocycles. The topological polar surface area (TPSA) is 95.9 Å². The largest absolute Gasteiger partial charge is 0.497 e. The van der Waals surface area contributed by atoms with E-state index in [9.17, 15) is 18.4 Å². The standard InChI is InChI=1S/C21H34N2O5S/c1-3-4-5-6-7-8-15-23-16-13-21(14-17-23,20(24)22-25)29(26,27)19-11-9-18(28-2)10-12-19/h9-12,25H,3-8,13-17H2,1-2H3,(H,22,24). The van der Waals surface area contributed by atoms with Crippen molar-refractivity contribution in [2.45, 2.75) is 67.9 Å². The summed E-state index contributed by atoms with van der Waals surface area (Å²) < 4.78 is 30.1. The van der Waals surface area contributed by atoms with Crippen molar-refractivity contribution in [3.8, 4) is 5.75 Å². The highest BCUT2D eigenvalue weighted by atomic mass is 32.2. The van der Waals surface area contributed by atoms with Gasteiger partial charge in [0, 0.05) is 13.1 Å². The van der Waals surface area contributed by atoms with Crippen LogP contribution in [0, 0.1) is 0 Å². The summed E-state index contributed by atoms with van der Waals surface area (Å²) in [6, 6.07) is 6.02. The number of piperidine rings is 1. The molecule has 0 atom stereocenters. The molecule has 164 valence electrons. The zero-order valence-electron chi connectivity index (χ0n) is 17.5. The molecule has 7 nitrogen and oxygen atoms in total. The molecule has 1 fully saturated rings. The minimum absolute atomic E-state index is 0.0614. The van der Waals surface area contributed by atoms with Crippen LogP contribution in [0.3, 0.4) is 0 Å². The summed E-state index contributed by atoms with van der Waals surface area (Å²) in [4.78, 5) is 14.8. The second-order valence-corrected chi connectivity index (χ2v) is 9.98. The average Bonchev–Trinajstić information content (AvgIpc) is 2.76. The van der Waals surface area contributed by atoms with Crippen molar-refractivity contribution in [3.05, 3.63) is 24.3 Å². The summed E-state index contributed by atoms with van der Waals surface area (Å²) in [5.74, 6) is -0.314. The Morgan fingerprint density at radius 1 is 1.10 bits per heavy atom.